The van der Waals surface area contributed by atoms with Gasteiger partial charge < -0.3 is 10.1 Å². The van der Waals surface area contributed by atoms with Crippen LogP contribution < -0.4 is 5.32 Å². The van der Waals surface area contributed by atoms with Gasteiger partial charge in [0.2, 0.25) is 0 Å². The Kier molecular flexibility index (Phi) is 3.12. The first-order valence-electron chi connectivity index (χ1n) is 3.76. The van der Waals surface area contributed by atoms with Crippen LogP contribution in [-0.4, -0.2) is 31.9 Å². The van der Waals surface area contributed by atoms with E-state index in [9.17, 15) is 5.11 Å². The minimum atomic E-state index is -0.473. The molecule has 59 valence electrons. The van der Waals surface area contributed by atoms with Gasteiger partial charge in [-0.15, -0.1) is 0 Å². The molecule has 3 heteroatoms. The van der Waals surface area contributed by atoms with Gasteiger partial charge in [0.1, 0.15) is 0 Å². The van der Waals surface area contributed by atoms with Gasteiger partial charge in [0, 0.05) is 12.6 Å². The molecule has 1 N–H and O–H groups in total. The lowest BCUT2D eigenvalue weighted by Crippen LogP contribution is -2.42. The van der Waals surface area contributed by atoms with E-state index in [-0.39, 0.29) is 0 Å². The van der Waals surface area contributed by atoms with Crippen molar-refractivity contribution in [2.75, 3.05) is 19.8 Å². The van der Waals surface area contributed by atoms with Crippen molar-refractivity contribution in [2.24, 2.45) is 0 Å². The molecular formula is C7H14NO2. The van der Waals surface area contributed by atoms with Gasteiger partial charge in [0.25, 0.3) is 0 Å². The third-order valence-corrected chi connectivity index (χ3v) is 1.61. The molecule has 0 bridgehead atoms. The second-order valence-electron chi connectivity index (χ2n) is 2.77. The highest BCUT2D eigenvalue weighted by molar-refractivity contribution is 4.71. The van der Waals surface area contributed by atoms with Crippen LogP contribution in [0.15, 0.2) is 0 Å². The van der Waals surface area contributed by atoms with Gasteiger partial charge in [-0.2, -0.15) is 0 Å². The second-order valence-corrected chi connectivity index (χ2v) is 2.77. The van der Waals surface area contributed by atoms with Crippen LogP contribution in [-0.2, 0) is 9.84 Å². The summed E-state index contributed by atoms with van der Waals surface area (Å²) in [6.07, 6.45) is 0.208. The third kappa shape index (κ3) is 2.64. The molecule has 1 saturated heterocycles. The molecule has 0 amide bonds. The Morgan fingerprint density at radius 3 is 3.10 bits per heavy atom. The van der Waals surface area contributed by atoms with Gasteiger partial charge in [-0.1, -0.05) is 0 Å². The van der Waals surface area contributed by atoms with Crippen molar-refractivity contribution in [1.82, 2.24) is 5.32 Å². The van der Waals surface area contributed by atoms with Crippen molar-refractivity contribution in [3.63, 3.8) is 0 Å². The van der Waals surface area contributed by atoms with Gasteiger partial charge >= 0.3 is 0 Å². The lowest BCUT2D eigenvalue weighted by Gasteiger charge is -2.23. The Labute approximate surface area is 61.4 Å². The number of nitrogens with one attached hydrogen (secondary N) is 1. The summed E-state index contributed by atoms with van der Waals surface area (Å²) < 4.78 is 5.18. The Morgan fingerprint density at radius 2 is 2.60 bits per heavy atom. The maximum atomic E-state index is 10.7. The number of hydrogen-bond acceptors (Lipinski definition) is 2. The Hall–Kier alpha value is -0.120. The van der Waals surface area contributed by atoms with E-state index in [1.54, 1.807) is 6.92 Å². The van der Waals surface area contributed by atoms with Crippen LogP contribution in [0.1, 0.15) is 13.3 Å². The quantitative estimate of drug-likeness (QED) is 0.600. The molecule has 0 spiro atoms. The SMILES string of the molecule is CC([O])CC1COCCN1. The molecule has 0 saturated carbocycles. The number of rotatable bonds is 2. The maximum Gasteiger partial charge on any atom is 0.0917 e. The smallest absolute Gasteiger partial charge is 0.0917 e. The molecule has 1 aliphatic rings. The summed E-state index contributed by atoms with van der Waals surface area (Å²) in [6, 6.07) is 0.293. The zero-order valence-corrected chi connectivity index (χ0v) is 6.30. The van der Waals surface area contributed by atoms with E-state index in [0.29, 0.717) is 19.1 Å². The molecule has 0 aliphatic carbocycles. The first-order valence-corrected chi connectivity index (χ1v) is 3.76. The number of ether oxygens (including phenoxy) is 1. The lowest BCUT2D eigenvalue weighted by molar-refractivity contribution is 0.0358. The fourth-order valence-corrected chi connectivity index (χ4v) is 1.17. The van der Waals surface area contributed by atoms with Gasteiger partial charge in [-0.05, 0) is 13.3 Å². The number of morpholine rings is 1. The summed E-state index contributed by atoms with van der Waals surface area (Å²) in [5.74, 6) is 0. The van der Waals surface area contributed by atoms with Crippen molar-refractivity contribution in [3.05, 3.63) is 0 Å². The van der Waals surface area contributed by atoms with Crippen molar-refractivity contribution in [3.8, 4) is 0 Å². The van der Waals surface area contributed by atoms with Crippen LogP contribution in [0, 0.1) is 0 Å². The van der Waals surface area contributed by atoms with Gasteiger partial charge in [0.15, 0.2) is 0 Å². The third-order valence-electron chi connectivity index (χ3n) is 1.61. The minimum Gasteiger partial charge on any atom is -0.379 e. The van der Waals surface area contributed by atoms with E-state index in [2.05, 4.69) is 5.32 Å². The van der Waals surface area contributed by atoms with Gasteiger partial charge in [-0.3, -0.25) is 0 Å². The van der Waals surface area contributed by atoms with Crippen molar-refractivity contribution in [2.45, 2.75) is 25.5 Å². The van der Waals surface area contributed by atoms with Crippen LogP contribution in [0.25, 0.3) is 0 Å². The van der Waals surface area contributed by atoms with Crippen molar-refractivity contribution >= 4 is 0 Å². The molecule has 1 fully saturated rings. The fourth-order valence-electron chi connectivity index (χ4n) is 1.17. The fraction of sp³-hybridized carbons (Fsp3) is 1.00. The average Bonchev–Trinajstić information content (AvgIpc) is 1.88. The first-order chi connectivity index (χ1) is 4.79. The normalized spacial score (nSPS) is 30.0. The molecule has 0 aromatic rings. The molecule has 2 atom stereocenters. The molecule has 1 rings (SSSR count). The monoisotopic (exact) mass is 144 g/mol. The topological polar surface area (TPSA) is 41.2 Å². The van der Waals surface area contributed by atoms with Gasteiger partial charge in [0.05, 0.1) is 19.3 Å². The predicted octanol–water partition coefficient (Wildman–Crippen LogP) is 0.184. The van der Waals surface area contributed by atoms with Crippen molar-refractivity contribution < 1.29 is 9.84 Å². The van der Waals surface area contributed by atoms with Crippen LogP contribution in [0.3, 0.4) is 0 Å². The summed E-state index contributed by atoms with van der Waals surface area (Å²) in [7, 11) is 0. The van der Waals surface area contributed by atoms with Crippen molar-refractivity contribution in [1.29, 1.82) is 0 Å². The molecule has 1 aliphatic heterocycles. The van der Waals surface area contributed by atoms with E-state index >= 15 is 0 Å². The predicted molar refractivity (Wildman–Crippen MR) is 37.4 cm³/mol. The highest BCUT2D eigenvalue weighted by atomic mass is 16.5. The lowest BCUT2D eigenvalue weighted by atomic mass is 10.1. The Balaban J connectivity index is 2.13. The maximum absolute atomic E-state index is 10.7. The van der Waals surface area contributed by atoms with Crippen LogP contribution >= 0.6 is 0 Å². The minimum absolute atomic E-state index is 0.293. The molecule has 1 heterocycles. The summed E-state index contributed by atoms with van der Waals surface area (Å²) in [6.45, 7) is 4.06. The molecule has 2 unspecified atom stereocenters. The Bertz CT molecular complexity index is 89.6. The Morgan fingerprint density at radius 1 is 1.80 bits per heavy atom. The van der Waals surface area contributed by atoms with Crippen LogP contribution in [0.4, 0.5) is 0 Å². The second kappa shape index (κ2) is 3.91. The van der Waals surface area contributed by atoms with Crippen LogP contribution in [0.2, 0.25) is 0 Å². The summed E-state index contributed by atoms with van der Waals surface area (Å²) in [4.78, 5) is 0. The van der Waals surface area contributed by atoms with E-state index in [4.69, 9.17) is 4.74 Å². The van der Waals surface area contributed by atoms with E-state index < -0.39 is 6.10 Å². The van der Waals surface area contributed by atoms with Gasteiger partial charge in [-0.25, -0.2) is 5.11 Å². The molecular weight excluding hydrogens is 130 g/mol. The zero-order chi connectivity index (χ0) is 7.40. The summed E-state index contributed by atoms with van der Waals surface area (Å²) in [5.41, 5.74) is 0. The highest BCUT2D eigenvalue weighted by Gasteiger charge is 2.14. The van der Waals surface area contributed by atoms with Crippen LogP contribution in [0.5, 0.6) is 0 Å². The molecule has 0 aromatic heterocycles. The highest BCUT2D eigenvalue weighted by Crippen LogP contribution is 2.01. The standard InChI is InChI=1S/C7H14NO2/c1-6(9)4-7-5-10-3-2-8-7/h6-8H,2-5H2,1H3. The zero-order valence-electron chi connectivity index (χ0n) is 6.30. The van der Waals surface area contributed by atoms with E-state index in [1.165, 1.54) is 0 Å². The largest absolute Gasteiger partial charge is 0.379 e. The average molecular weight is 144 g/mol. The molecule has 3 nitrogen and oxygen atoms in total. The summed E-state index contributed by atoms with van der Waals surface area (Å²) >= 11 is 0. The van der Waals surface area contributed by atoms with E-state index in [1.807, 2.05) is 0 Å². The number of hydrogen-bond donors (Lipinski definition) is 1. The summed E-state index contributed by atoms with van der Waals surface area (Å²) in [5, 5.41) is 13.9. The molecule has 1 radical (unpaired) electrons. The first kappa shape index (κ1) is 7.98. The molecule has 10 heavy (non-hydrogen) atoms. The van der Waals surface area contributed by atoms with E-state index in [0.717, 1.165) is 13.2 Å². The molecule has 0 aromatic carbocycles.